The minimum atomic E-state index is -0.0714. The molecule has 0 aromatic carbocycles. The van der Waals surface area contributed by atoms with Crippen LogP contribution in [0.1, 0.15) is 26.7 Å². The molecule has 86 valence electrons. The van der Waals surface area contributed by atoms with Crippen LogP contribution in [0.4, 0.5) is 0 Å². The number of allylic oxidation sites excluding steroid dienone is 1. The summed E-state index contributed by atoms with van der Waals surface area (Å²) in [5.74, 6) is 2.61. The largest absolute Gasteiger partial charge is 0.466 e. The molecule has 0 N–H and O–H groups in total. The van der Waals surface area contributed by atoms with Crippen molar-refractivity contribution in [2.24, 2.45) is 34.5 Å². The molecule has 5 aliphatic rings. The lowest BCUT2D eigenvalue weighted by molar-refractivity contribution is -0.137. The Morgan fingerprint density at radius 3 is 2.38 bits per heavy atom. The van der Waals surface area contributed by atoms with Gasteiger partial charge in [0.25, 0.3) is 0 Å². The van der Waals surface area contributed by atoms with Gasteiger partial charge in [-0.1, -0.05) is 19.9 Å². The second-order valence-electron chi connectivity index (χ2n) is 6.47. The van der Waals surface area contributed by atoms with Gasteiger partial charge in [-0.2, -0.15) is 0 Å². The van der Waals surface area contributed by atoms with Gasteiger partial charge in [-0.25, -0.2) is 4.79 Å². The Hall–Kier alpha value is -0.790. The Kier molecular flexibility index (Phi) is 1.30. The highest BCUT2D eigenvalue weighted by atomic mass is 16.5. The van der Waals surface area contributed by atoms with Gasteiger partial charge in [-0.05, 0) is 47.3 Å². The summed E-state index contributed by atoms with van der Waals surface area (Å²) in [4.78, 5) is 11.8. The van der Waals surface area contributed by atoms with E-state index in [4.69, 9.17) is 4.74 Å². The molecule has 0 amide bonds. The van der Waals surface area contributed by atoms with Crippen molar-refractivity contribution in [1.29, 1.82) is 0 Å². The number of esters is 1. The molecule has 4 atom stereocenters. The molecule has 0 saturated heterocycles. The molecule has 3 saturated carbocycles. The molecule has 0 aliphatic heterocycles. The first-order chi connectivity index (χ1) is 7.56. The summed E-state index contributed by atoms with van der Waals surface area (Å²) in [6.07, 6.45) is 4.90. The van der Waals surface area contributed by atoms with Gasteiger partial charge < -0.3 is 4.74 Å². The summed E-state index contributed by atoms with van der Waals surface area (Å²) in [5, 5.41) is 0. The van der Waals surface area contributed by atoms with Gasteiger partial charge >= 0.3 is 5.97 Å². The molecule has 0 spiro atoms. The van der Waals surface area contributed by atoms with Gasteiger partial charge in [0.05, 0.1) is 7.11 Å². The van der Waals surface area contributed by atoms with E-state index in [2.05, 4.69) is 19.9 Å². The molecule has 5 aliphatic carbocycles. The molecule has 3 fully saturated rings. The normalized spacial score (nSPS) is 59.6. The lowest BCUT2D eigenvalue weighted by atomic mass is 9.73. The number of carbonyl (C=O) groups excluding carboxylic acids is 1. The number of ether oxygens (including phenoxy) is 1. The van der Waals surface area contributed by atoms with Crippen LogP contribution in [0.3, 0.4) is 0 Å². The molecule has 2 heteroatoms. The lowest BCUT2D eigenvalue weighted by Gasteiger charge is -2.31. The fourth-order valence-corrected chi connectivity index (χ4v) is 5.89. The second kappa shape index (κ2) is 2.25. The lowest BCUT2D eigenvalue weighted by Crippen LogP contribution is -2.29. The van der Waals surface area contributed by atoms with E-state index < -0.39 is 0 Å². The molecule has 2 nitrogen and oxygen atoms in total. The van der Waals surface area contributed by atoms with Crippen LogP contribution in [0.15, 0.2) is 11.6 Å². The predicted octanol–water partition coefficient (Wildman–Crippen LogP) is 2.40. The predicted molar refractivity (Wildman–Crippen MR) is 59.5 cm³/mol. The average molecular weight is 218 g/mol. The average Bonchev–Trinajstić information content (AvgIpc) is 2.65. The van der Waals surface area contributed by atoms with E-state index in [1.165, 1.54) is 20.0 Å². The van der Waals surface area contributed by atoms with E-state index in [9.17, 15) is 4.79 Å². The van der Waals surface area contributed by atoms with Crippen LogP contribution < -0.4 is 0 Å². The molecular weight excluding hydrogens is 200 g/mol. The quantitative estimate of drug-likeness (QED) is 0.632. The Morgan fingerprint density at radius 1 is 1.31 bits per heavy atom. The molecule has 0 radical (unpaired) electrons. The van der Waals surface area contributed by atoms with Crippen molar-refractivity contribution in [2.75, 3.05) is 7.11 Å². The van der Waals surface area contributed by atoms with Crippen molar-refractivity contribution in [3.8, 4) is 0 Å². The molecule has 5 rings (SSSR count). The molecule has 0 heterocycles. The van der Waals surface area contributed by atoms with Crippen molar-refractivity contribution in [3.63, 3.8) is 0 Å². The fraction of sp³-hybridized carbons (Fsp3) is 0.786. The third kappa shape index (κ3) is 0.602. The van der Waals surface area contributed by atoms with Gasteiger partial charge in [-0.3, -0.25) is 0 Å². The summed E-state index contributed by atoms with van der Waals surface area (Å²) >= 11 is 0. The highest BCUT2D eigenvalue weighted by Crippen LogP contribution is 2.90. The van der Waals surface area contributed by atoms with E-state index >= 15 is 0 Å². The smallest absolute Gasteiger partial charge is 0.333 e. The topological polar surface area (TPSA) is 26.3 Å². The Morgan fingerprint density at radius 2 is 1.88 bits per heavy atom. The molecule has 16 heavy (non-hydrogen) atoms. The highest BCUT2D eigenvalue weighted by Gasteiger charge is 2.86. The van der Waals surface area contributed by atoms with Gasteiger partial charge in [0.1, 0.15) is 0 Å². The van der Waals surface area contributed by atoms with Crippen LogP contribution in [0, 0.1) is 34.5 Å². The van der Waals surface area contributed by atoms with Crippen LogP contribution in [-0.4, -0.2) is 13.1 Å². The number of carbonyl (C=O) groups is 1. The van der Waals surface area contributed by atoms with E-state index in [-0.39, 0.29) is 5.97 Å². The first-order valence-electron chi connectivity index (χ1n) is 6.37. The minimum Gasteiger partial charge on any atom is -0.466 e. The summed E-state index contributed by atoms with van der Waals surface area (Å²) < 4.78 is 4.93. The maximum atomic E-state index is 11.8. The third-order valence-corrected chi connectivity index (χ3v) is 6.69. The van der Waals surface area contributed by atoms with E-state index in [1.807, 2.05) is 0 Å². The molecule has 6 bridgehead atoms. The molecular formula is C14H18O2. The van der Waals surface area contributed by atoms with Crippen molar-refractivity contribution in [2.45, 2.75) is 26.7 Å². The van der Waals surface area contributed by atoms with Gasteiger partial charge in [0, 0.05) is 5.57 Å². The third-order valence-electron chi connectivity index (χ3n) is 6.69. The summed E-state index contributed by atoms with van der Waals surface area (Å²) in [7, 11) is 1.50. The monoisotopic (exact) mass is 218 g/mol. The number of rotatable bonds is 1. The van der Waals surface area contributed by atoms with Gasteiger partial charge in [0.15, 0.2) is 0 Å². The number of hydrogen-bond acceptors (Lipinski definition) is 2. The Balaban J connectivity index is 1.87. The Labute approximate surface area is 96.0 Å². The van der Waals surface area contributed by atoms with Crippen LogP contribution in [0.5, 0.6) is 0 Å². The molecule has 4 unspecified atom stereocenters. The van der Waals surface area contributed by atoms with E-state index in [0.29, 0.717) is 22.7 Å². The zero-order valence-electron chi connectivity index (χ0n) is 10.1. The zero-order valence-corrected chi connectivity index (χ0v) is 10.1. The van der Waals surface area contributed by atoms with Crippen molar-refractivity contribution in [3.05, 3.63) is 11.6 Å². The second-order valence-corrected chi connectivity index (χ2v) is 6.47. The molecule has 0 aromatic rings. The van der Waals surface area contributed by atoms with Crippen LogP contribution in [-0.2, 0) is 9.53 Å². The summed E-state index contributed by atoms with van der Waals surface area (Å²) in [6, 6.07) is 0. The maximum Gasteiger partial charge on any atom is 0.333 e. The van der Waals surface area contributed by atoms with Gasteiger partial charge in [-0.15, -0.1) is 0 Å². The SMILES string of the molecule is COC(=O)C1=CC2C3(C)C4CCC(C14)C23C. The Bertz CT molecular complexity index is 414. The van der Waals surface area contributed by atoms with E-state index in [1.54, 1.807) is 0 Å². The fourth-order valence-electron chi connectivity index (χ4n) is 5.89. The van der Waals surface area contributed by atoms with Crippen LogP contribution in [0.25, 0.3) is 0 Å². The number of hydrogen-bond donors (Lipinski definition) is 0. The first kappa shape index (κ1) is 9.26. The summed E-state index contributed by atoms with van der Waals surface area (Å²) in [6.45, 7) is 4.89. The highest BCUT2D eigenvalue weighted by molar-refractivity contribution is 5.90. The molecule has 0 aromatic heterocycles. The first-order valence-corrected chi connectivity index (χ1v) is 6.37. The standard InChI is InChI=1S/C14H18O2/c1-13-8-4-5-9-11(8)7(12(15)16-3)6-10(13)14(9,13)2/h6,8-11H,4-5H2,1-3H3. The maximum absolute atomic E-state index is 11.8. The minimum absolute atomic E-state index is 0.0714. The van der Waals surface area contributed by atoms with Crippen molar-refractivity contribution < 1.29 is 9.53 Å². The van der Waals surface area contributed by atoms with Crippen molar-refractivity contribution in [1.82, 2.24) is 0 Å². The van der Waals surface area contributed by atoms with Crippen molar-refractivity contribution >= 4 is 5.97 Å². The van der Waals surface area contributed by atoms with Crippen LogP contribution in [0.2, 0.25) is 0 Å². The van der Waals surface area contributed by atoms with Gasteiger partial charge in [0.2, 0.25) is 0 Å². The van der Waals surface area contributed by atoms with E-state index in [0.717, 1.165) is 17.4 Å². The van der Waals surface area contributed by atoms with Crippen LogP contribution >= 0.6 is 0 Å². The number of methoxy groups -OCH3 is 1. The summed E-state index contributed by atoms with van der Waals surface area (Å²) in [5.41, 5.74) is 2.03. The zero-order chi connectivity index (χ0) is 11.3.